The SMILES string of the molecule is C=C(CO)C(=O)OCC(COC(=O)C(=C)CO)C1CCC(CCc2ccc(CCCC(C)C)cc2)CO1. The van der Waals surface area contributed by atoms with Crippen LogP contribution in [-0.4, -0.2) is 61.3 Å². The zero-order valence-electron chi connectivity index (χ0n) is 22.5. The highest BCUT2D eigenvalue weighted by molar-refractivity contribution is 5.88. The third-order valence-corrected chi connectivity index (χ3v) is 6.86. The summed E-state index contributed by atoms with van der Waals surface area (Å²) in [6, 6.07) is 8.95. The first kappa shape index (κ1) is 30.7. The van der Waals surface area contributed by atoms with Gasteiger partial charge >= 0.3 is 11.9 Å². The summed E-state index contributed by atoms with van der Waals surface area (Å²) in [7, 11) is 0. The van der Waals surface area contributed by atoms with Crippen molar-refractivity contribution in [2.75, 3.05) is 33.0 Å². The van der Waals surface area contributed by atoms with E-state index in [4.69, 9.17) is 24.4 Å². The maximum Gasteiger partial charge on any atom is 0.335 e. The van der Waals surface area contributed by atoms with Gasteiger partial charge in [0.05, 0.1) is 36.4 Å². The number of carbonyl (C=O) groups excluding carboxylic acids is 2. The van der Waals surface area contributed by atoms with Crippen molar-refractivity contribution in [3.05, 3.63) is 59.7 Å². The second-order valence-electron chi connectivity index (χ2n) is 10.4. The van der Waals surface area contributed by atoms with Crippen LogP contribution < -0.4 is 0 Å². The van der Waals surface area contributed by atoms with Crippen molar-refractivity contribution < 1.29 is 34.0 Å². The third kappa shape index (κ3) is 11.2. The molecule has 1 saturated heterocycles. The molecule has 2 N–H and O–H groups in total. The van der Waals surface area contributed by atoms with Crippen LogP contribution in [0.2, 0.25) is 0 Å². The van der Waals surface area contributed by atoms with Crippen LogP contribution in [0.5, 0.6) is 0 Å². The van der Waals surface area contributed by atoms with Gasteiger partial charge in [0.2, 0.25) is 0 Å². The van der Waals surface area contributed by atoms with Gasteiger partial charge in [-0.25, -0.2) is 9.59 Å². The van der Waals surface area contributed by atoms with E-state index in [2.05, 4.69) is 51.3 Å². The van der Waals surface area contributed by atoms with Gasteiger partial charge in [-0.2, -0.15) is 0 Å². The minimum absolute atomic E-state index is 0.0322. The monoisotopic (exact) mass is 516 g/mol. The second kappa shape index (κ2) is 16.4. The topological polar surface area (TPSA) is 102 Å². The molecule has 7 heteroatoms. The summed E-state index contributed by atoms with van der Waals surface area (Å²) < 4.78 is 16.7. The van der Waals surface area contributed by atoms with Crippen LogP contribution in [0.1, 0.15) is 57.1 Å². The van der Waals surface area contributed by atoms with Crippen LogP contribution in [0.3, 0.4) is 0 Å². The molecule has 2 unspecified atom stereocenters. The van der Waals surface area contributed by atoms with Crippen molar-refractivity contribution in [3.63, 3.8) is 0 Å². The highest BCUT2D eigenvalue weighted by Gasteiger charge is 2.31. The number of rotatable bonds is 16. The van der Waals surface area contributed by atoms with Crippen molar-refractivity contribution in [1.82, 2.24) is 0 Å². The van der Waals surface area contributed by atoms with Gasteiger partial charge in [0.15, 0.2) is 0 Å². The lowest BCUT2D eigenvalue weighted by atomic mass is 9.88. The summed E-state index contributed by atoms with van der Waals surface area (Å²) in [4.78, 5) is 23.9. The molecule has 1 aliphatic heterocycles. The van der Waals surface area contributed by atoms with E-state index < -0.39 is 25.2 Å². The first-order valence-corrected chi connectivity index (χ1v) is 13.3. The molecular weight excluding hydrogens is 472 g/mol. The van der Waals surface area contributed by atoms with E-state index >= 15 is 0 Å². The quantitative estimate of drug-likeness (QED) is 0.251. The molecule has 0 aliphatic carbocycles. The standard InChI is InChI=1S/C30H44O7/c1-21(2)6-5-7-24-8-10-25(11-9-24)12-13-26-14-15-28(35-18-26)27(19-36-29(33)22(3)16-31)20-37-30(34)23(4)17-32/h8-11,21,26-28,31-32H,3-7,12-20H2,1-2H3. The van der Waals surface area contributed by atoms with Gasteiger partial charge in [-0.05, 0) is 61.5 Å². The summed E-state index contributed by atoms with van der Waals surface area (Å²) in [6.07, 6.45) is 7.10. The fourth-order valence-corrected chi connectivity index (χ4v) is 4.35. The normalized spacial score (nSPS) is 17.6. The first-order valence-electron chi connectivity index (χ1n) is 13.3. The van der Waals surface area contributed by atoms with E-state index in [9.17, 15) is 9.59 Å². The summed E-state index contributed by atoms with van der Waals surface area (Å²) in [6.45, 7) is 11.0. The Hall–Kier alpha value is -2.48. The molecule has 1 aromatic rings. The number of carbonyl (C=O) groups is 2. The third-order valence-electron chi connectivity index (χ3n) is 6.86. The van der Waals surface area contributed by atoms with E-state index in [0.717, 1.165) is 38.0 Å². The van der Waals surface area contributed by atoms with Crippen molar-refractivity contribution in [2.45, 2.75) is 64.9 Å². The Bertz CT molecular complexity index is 834. The fourth-order valence-electron chi connectivity index (χ4n) is 4.35. The van der Waals surface area contributed by atoms with E-state index in [1.165, 1.54) is 24.0 Å². The lowest BCUT2D eigenvalue weighted by Gasteiger charge is -2.34. The number of aliphatic hydroxyl groups excluding tert-OH is 2. The molecule has 7 nitrogen and oxygen atoms in total. The highest BCUT2D eigenvalue weighted by Crippen LogP contribution is 2.28. The predicted octanol–water partition coefficient (Wildman–Crippen LogP) is 4.19. The Kier molecular flexibility index (Phi) is 13.6. The minimum atomic E-state index is -0.696. The summed E-state index contributed by atoms with van der Waals surface area (Å²) >= 11 is 0. The molecule has 0 radical (unpaired) electrons. The number of hydrogen-bond acceptors (Lipinski definition) is 7. The van der Waals surface area contributed by atoms with Gasteiger partial charge in [0, 0.05) is 6.61 Å². The number of esters is 2. The largest absolute Gasteiger partial charge is 0.462 e. The molecule has 0 bridgehead atoms. The molecule has 0 amide bonds. The van der Waals surface area contributed by atoms with Gasteiger partial charge < -0.3 is 24.4 Å². The van der Waals surface area contributed by atoms with Gasteiger partial charge in [-0.1, -0.05) is 57.7 Å². The molecule has 1 heterocycles. The van der Waals surface area contributed by atoms with Gasteiger partial charge in [-0.15, -0.1) is 0 Å². The summed E-state index contributed by atoms with van der Waals surface area (Å²) in [5, 5.41) is 18.2. The molecule has 0 aromatic heterocycles. The Balaban J connectivity index is 1.83. The van der Waals surface area contributed by atoms with Crippen LogP contribution in [-0.2, 0) is 36.6 Å². The highest BCUT2D eigenvalue weighted by atomic mass is 16.6. The number of ether oxygens (including phenoxy) is 3. The molecule has 0 spiro atoms. The number of aryl methyl sites for hydroxylation is 2. The Labute approximate surface area is 221 Å². The van der Waals surface area contributed by atoms with E-state index in [1.54, 1.807) is 0 Å². The van der Waals surface area contributed by atoms with Crippen LogP contribution in [0.15, 0.2) is 48.6 Å². The second-order valence-corrected chi connectivity index (χ2v) is 10.4. The van der Waals surface area contributed by atoms with E-state index in [-0.39, 0.29) is 36.4 Å². The molecule has 2 atom stereocenters. The smallest absolute Gasteiger partial charge is 0.335 e. The molecular formula is C30H44O7. The maximum absolute atomic E-state index is 11.9. The van der Waals surface area contributed by atoms with E-state index in [0.29, 0.717) is 12.5 Å². The predicted molar refractivity (Wildman–Crippen MR) is 143 cm³/mol. The lowest BCUT2D eigenvalue weighted by molar-refractivity contribution is -0.151. The average Bonchev–Trinajstić information content (AvgIpc) is 2.91. The fraction of sp³-hybridized carbons (Fsp3) is 0.600. The minimum Gasteiger partial charge on any atom is -0.462 e. The zero-order valence-corrected chi connectivity index (χ0v) is 22.5. The van der Waals surface area contributed by atoms with Gasteiger partial charge in [0.25, 0.3) is 0 Å². The summed E-state index contributed by atoms with van der Waals surface area (Å²) in [5.41, 5.74) is 2.64. The lowest BCUT2D eigenvalue weighted by Crippen LogP contribution is -2.38. The Morgan fingerprint density at radius 3 is 1.95 bits per heavy atom. The van der Waals surface area contributed by atoms with Crippen LogP contribution in [0.4, 0.5) is 0 Å². The maximum atomic E-state index is 11.9. The molecule has 0 saturated carbocycles. The van der Waals surface area contributed by atoms with Crippen molar-refractivity contribution in [2.24, 2.45) is 17.8 Å². The molecule has 1 aliphatic rings. The van der Waals surface area contributed by atoms with Crippen LogP contribution in [0.25, 0.3) is 0 Å². The summed E-state index contributed by atoms with van der Waals surface area (Å²) in [5.74, 6) is -0.600. The van der Waals surface area contributed by atoms with Gasteiger partial charge in [0.1, 0.15) is 13.2 Å². The molecule has 37 heavy (non-hydrogen) atoms. The number of hydrogen-bond donors (Lipinski definition) is 2. The van der Waals surface area contributed by atoms with Crippen molar-refractivity contribution >= 4 is 11.9 Å². The van der Waals surface area contributed by atoms with Crippen LogP contribution in [0, 0.1) is 17.8 Å². The van der Waals surface area contributed by atoms with Crippen molar-refractivity contribution in [3.8, 4) is 0 Å². The average molecular weight is 517 g/mol. The molecule has 2 rings (SSSR count). The molecule has 1 aromatic carbocycles. The van der Waals surface area contributed by atoms with Gasteiger partial charge in [-0.3, -0.25) is 0 Å². The Morgan fingerprint density at radius 1 is 0.946 bits per heavy atom. The number of aliphatic hydroxyl groups is 2. The molecule has 1 fully saturated rings. The van der Waals surface area contributed by atoms with Crippen molar-refractivity contribution in [1.29, 1.82) is 0 Å². The number of benzene rings is 1. The van der Waals surface area contributed by atoms with Crippen LogP contribution >= 0.6 is 0 Å². The van der Waals surface area contributed by atoms with E-state index in [1.807, 2.05) is 0 Å². The zero-order chi connectivity index (χ0) is 27.2. The Morgan fingerprint density at radius 2 is 1.49 bits per heavy atom. The first-order chi connectivity index (χ1) is 17.7. The molecule has 206 valence electrons.